The molecule has 0 bridgehead atoms. The third-order valence-corrected chi connectivity index (χ3v) is 3.01. The van der Waals surface area contributed by atoms with Crippen molar-refractivity contribution in [2.75, 3.05) is 0 Å². The van der Waals surface area contributed by atoms with E-state index in [-0.39, 0.29) is 5.82 Å². The topological polar surface area (TPSA) is 38.0 Å². The molecule has 15 heavy (non-hydrogen) atoms. The highest BCUT2D eigenvalue weighted by Gasteiger charge is 2.20. The summed E-state index contributed by atoms with van der Waals surface area (Å²) in [6.45, 7) is 0.601. The minimum atomic E-state index is -0.132. The largest absolute Gasteiger partial charge is 0.328 e. The molecule has 1 aliphatic rings. The van der Waals surface area contributed by atoms with Crippen LogP contribution in [0.25, 0.3) is 0 Å². The Morgan fingerprint density at radius 3 is 2.80 bits per heavy atom. The predicted octanol–water partition coefficient (Wildman–Crippen LogP) is 1.80. The lowest BCUT2D eigenvalue weighted by molar-refractivity contribution is 0.503. The molecule has 0 spiro atoms. The Labute approximate surface area is 89.7 Å². The maximum absolute atomic E-state index is 13.3. The Morgan fingerprint density at radius 2 is 2.13 bits per heavy atom. The summed E-state index contributed by atoms with van der Waals surface area (Å²) in [5, 5.41) is 3.35. The third kappa shape index (κ3) is 2.76. The number of hydrogen-bond acceptors (Lipinski definition) is 2. The number of halogens is 1. The van der Waals surface area contributed by atoms with Crippen molar-refractivity contribution < 1.29 is 4.39 Å². The molecule has 2 rings (SSSR count). The maximum Gasteiger partial charge on any atom is 0.127 e. The number of nitrogens with two attached hydrogens (primary N) is 1. The molecule has 1 aromatic rings. The quantitative estimate of drug-likeness (QED) is 0.794. The van der Waals surface area contributed by atoms with E-state index in [9.17, 15) is 4.39 Å². The number of rotatable bonds is 3. The molecule has 1 aromatic carbocycles. The van der Waals surface area contributed by atoms with Gasteiger partial charge in [0, 0.05) is 24.2 Å². The second kappa shape index (κ2) is 4.73. The molecule has 0 radical (unpaired) electrons. The molecule has 0 amide bonds. The van der Waals surface area contributed by atoms with Crippen LogP contribution in [0.4, 0.5) is 4.39 Å². The molecule has 0 aliphatic heterocycles. The van der Waals surface area contributed by atoms with Gasteiger partial charge in [0.2, 0.25) is 0 Å². The van der Waals surface area contributed by atoms with Gasteiger partial charge in [-0.1, -0.05) is 18.2 Å². The minimum Gasteiger partial charge on any atom is -0.328 e. The molecule has 0 aromatic heterocycles. The maximum atomic E-state index is 13.3. The number of hydrogen-bond donors (Lipinski definition) is 2. The molecule has 2 nitrogen and oxygen atoms in total. The van der Waals surface area contributed by atoms with Gasteiger partial charge in [0.05, 0.1) is 0 Å². The van der Waals surface area contributed by atoms with Gasteiger partial charge < -0.3 is 11.1 Å². The molecule has 2 atom stereocenters. The first-order valence-corrected chi connectivity index (χ1v) is 5.48. The van der Waals surface area contributed by atoms with Crippen molar-refractivity contribution in [2.24, 2.45) is 5.73 Å². The van der Waals surface area contributed by atoms with Crippen LogP contribution in [0.1, 0.15) is 24.8 Å². The Hall–Kier alpha value is -0.930. The fourth-order valence-electron chi connectivity index (χ4n) is 2.10. The van der Waals surface area contributed by atoms with Gasteiger partial charge in [0.15, 0.2) is 0 Å². The molecular weight excluding hydrogens is 191 g/mol. The van der Waals surface area contributed by atoms with E-state index >= 15 is 0 Å². The summed E-state index contributed by atoms with van der Waals surface area (Å²) in [4.78, 5) is 0. The Morgan fingerprint density at radius 1 is 1.33 bits per heavy atom. The van der Waals surface area contributed by atoms with Crippen LogP contribution < -0.4 is 11.1 Å². The highest BCUT2D eigenvalue weighted by molar-refractivity contribution is 5.17. The van der Waals surface area contributed by atoms with Crippen molar-refractivity contribution >= 4 is 0 Å². The van der Waals surface area contributed by atoms with Crippen LogP contribution in [-0.4, -0.2) is 12.1 Å². The van der Waals surface area contributed by atoms with Gasteiger partial charge in [0.25, 0.3) is 0 Å². The lowest BCUT2D eigenvalue weighted by Crippen LogP contribution is -2.28. The molecular formula is C12H17FN2. The smallest absolute Gasteiger partial charge is 0.127 e. The predicted molar refractivity (Wildman–Crippen MR) is 58.9 cm³/mol. The number of benzene rings is 1. The highest BCUT2D eigenvalue weighted by atomic mass is 19.1. The fourth-order valence-corrected chi connectivity index (χ4v) is 2.10. The van der Waals surface area contributed by atoms with Crippen LogP contribution in [0, 0.1) is 5.82 Å². The van der Waals surface area contributed by atoms with E-state index in [0.717, 1.165) is 24.8 Å². The summed E-state index contributed by atoms with van der Waals surface area (Å²) in [6, 6.07) is 7.67. The van der Waals surface area contributed by atoms with Gasteiger partial charge in [-0.05, 0) is 25.3 Å². The molecule has 1 aliphatic carbocycles. The van der Waals surface area contributed by atoms with Crippen LogP contribution in [0.3, 0.4) is 0 Å². The van der Waals surface area contributed by atoms with E-state index in [1.54, 1.807) is 6.07 Å². The molecule has 1 fully saturated rings. The Balaban J connectivity index is 1.86. The summed E-state index contributed by atoms with van der Waals surface area (Å²) in [5.74, 6) is -0.132. The first-order chi connectivity index (χ1) is 7.25. The molecule has 0 saturated heterocycles. The average Bonchev–Trinajstić information content (AvgIpc) is 2.63. The molecule has 82 valence electrons. The van der Waals surface area contributed by atoms with E-state index in [2.05, 4.69) is 5.32 Å². The third-order valence-electron chi connectivity index (χ3n) is 3.01. The van der Waals surface area contributed by atoms with Gasteiger partial charge in [-0.25, -0.2) is 4.39 Å². The monoisotopic (exact) mass is 208 g/mol. The van der Waals surface area contributed by atoms with Crippen LogP contribution >= 0.6 is 0 Å². The van der Waals surface area contributed by atoms with Gasteiger partial charge in [-0.2, -0.15) is 0 Å². The molecule has 3 heteroatoms. The Kier molecular flexibility index (Phi) is 3.34. The Bertz CT molecular complexity index is 327. The van der Waals surface area contributed by atoms with Crippen molar-refractivity contribution in [2.45, 2.75) is 37.9 Å². The van der Waals surface area contributed by atoms with Crippen molar-refractivity contribution in [3.8, 4) is 0 Å². The summed E-state index contributed by atoms with van der Waals surface area (Å²) in [7, 11) is 0. The van der Waals surface area contributed by atoms with E-state index in [1.165, 1.54) is 6.07 Å². The first-order valence-electron chi connectivity index (χ1n) is 5.48. The van der Waals surface area contributed by atoms with E-state index in [4.69, 9.17) is 5.73 Å². The van der Waals surface area contributed by atoms with E-state index in [1.807, 2.05) is 12.1 Å². The van der Waals surface area contributed by atoms with E-state index in [0.29, 0.717) is 18.6 Å². The van der Waals surface area contributed by atoms with Gasteiger partial charge in [0.1, 0.15) is 5.82 Å². The van der Waals surface area contributed by atoms with Crippen molar-refractivity contribution in [1.29, 1.82) is 0 Å². The number of nitrogens with one attached hydrogen (secondary N) is 1. The van der Waals surface area contributed by atoms with Crippen LogP contribution in [0.15, 0.2) is 24.3 Å². The lowest BCUT2D eigenvalue weighted by atomic mass is 10.2. The second-order valence-electron chi connectivity index (χ2n) is 4.24. The SMILES string of the molecule is NC1CCC(NCc2ccccc2F)C1. The second-order valence-corrected chi connectivity index (χ2v) is 4.24. The van der Waals surface area contributed by atoms with Crippen LogP contribution in [0.2, 0.25) is 0 Å². The van der Waals surface area contributed by atoms with Crippen molar-refractivity contribution in [3.63, 3.8) is 0 Å². The van der Waals surface area contributed by atoms with Crippen LogP contribution in [-0.2, 0) is 6.54 Å². The van der Waals surface area contributed by atoms with E-state index < -0.39 is 0 Å². The van der Waals surface area contributed by atoms with Gasteiger partial charge >= 0.3 is 0 Å². The zero-order valence-corrected chi connectivity index (χ0v) is 8.75. The highest BCUT2D eigenvalue weighted by Crippen LogP contribution is 2.17. The minimum absolute atomic E-state index is 0.132. The molecule has 1 saturated carbocycles. The summed E-state index contributed by atoms with van der Waals surface area (Å²) >= 11 is 0. The van der Waals surface area contributed by atoms with Gasteiger partial charge in [-0.3, -0.25) is 0 Å². The van der Waals surface area contributed by atoms with Crippen molar-refractivity contribution in [1.82, 2.24) is 5.32 Å². The normalized spacial score (nSPS) is 25.7. The summed E-state index contributed by atoms with van der Waals surface area (Å²) < 4.78 is 13.3. The van der Waals surface area contributed by atoms with Crippen molar-refractivity contribution in [3.05, 3.63) is 35.6 Å². The lowest BCUT2D eigenvalue weighted by Gasteiger charge is -2.12. The van der Waals surface area contributed by atoms with Crippen LogP contribution in [0.5, 0.6) is 0 Å². The first kappa shape index (κ1) is 10.6. The summed E-state index contributed by atoms with van der Waals surface area (Å²) in [6.07, 6.45) is 3.19. The summed E-state index contributed by atoms with van der Waals surface area (Å²) in [5.41, 5.74) is 6.54. The standard InChI is InChI=1S/C12H17FN2/c13-12-4-2-1-3-9(12)8-15-11-6-5-10(14)7-11/h1-4,10-11,15H,5-8,14H2. The molecule has 0 heterocycles. The average molecular weight is 208 g/mol. The van der Waals surface area contributed by atoms with Gasteiger partial charge in [-0.15, -0.1) is 0 Å². The fraction of sp³-hybridized carbons (Fsp3) is 0.500. The zero-order chi connectivity index (χ0) is 10.7. The molecule has 2 unspecified atom stereocenters. The molecule has 3 N–H and O–H groups in total. The zero-order valence-electron chi connectivity index (χ0n) is 8.75.